The van der Waals surface area contributed by atoms with Crippen molar-refractivity contribution in [3.8, 4) is 11.5 Å². The van der Waals surface area contributed by atoms with Crippen LogP contribution in [0.5, 0.6) is 11.5 Å². The fourth-order valence-corrected chi connectivity index (χ4v) is 2.66. The van der Waals surface area contributed by atoms with Crippen LogP contribution < -0.4 is 9.47 Å². The number of hydrogen-bond acceptors (Lipinski definition) is 4. The second kappa shape index (κ2) is 7.53. The van der Waals surface area contributed by atoms with E-state index in [2.05, 4.69) is 0 Å². The molecule has 0 spiro atoms. The summed E-state index contributed by atoms with van der Waals surface area (Å²) in [6.45, 7) is 1.34. The first-order valence-corrected chi connectivity index (χ1v) is 7.98. The molecule has 132 valence electrons. The molecule has 1 amide bonds. The second-order valence-electron chi connectivity index (χ2n) is 5.84. The molecule has 2 aromatic rings. The Morgan fingerprint density at radius 3 is 2.64 bits per heavy atom. The molecule has 0 radical (unpaired) electrons. The first-order valence-electron chi connectivity index (χ1n) is 7.98. The highest BCUT2D eigenvalue weighted by Gasteiger charge is 2.32. The molecule has 0 unspecified atom stereocenters. The number of halogens is 1. The number of methoxy groups -OCH3 is 2. The highest BCUT2D eigenvalue weighted by Crippen LogP contribution is 2.22. The molecule has 1 fully saturated rings. The van der Waals surface area contributed by atoms with Gasteiger partial charge in [0.05, 0.1) is 26.9 Å². The van der Waals surface area contributed by atoms with Crippen LogP contribution in [0.4, 0.5) is 4.39 Å². The van der Waals surface area contributed by atoms with Gasteiger partial charge in [0.15, 0.2) is 11.6 Å². The molecule has 0 aliphatic carbocycles. The number of carbonyl (C=O) groups excluding carboxylic acids is 1. The predicted octanol–water partition coefficient (Wildman–Crippen LogP) is 2.88. The number of likely N-dealkylation sites (tertiary alicyclic amines) is 1. The Morgan fingerprint density at radius 2 is 1.96 bits per heavy atom. The van der Waals surface area contributed by atoms with Crippen molar-refractivity contribution in [2.75, 3.05) is 27.3 Å². The van der Waals surface area contributed by atoms with E-state index in [4.69, 9.17) is 14.2 Å². The van der Waals surface area contributed by atoms with Gasteiger partial charge >= 0.3 is 0 Å². The zero-order chi connectivity index (χ0) is 17.8. The Labute approximate surface area is 145 Å². The molecule has 1 saturated heterocycles. The lowest BCUT2D eigenvalue weighted by Gasteiger charge is -2.39. The molecular weight excluding hydrogens is 325 g/mol. The normalized spacial score (nSPS) is 14.1. The quantitative estimate of drug-likeness (QED) is 0.808. The molecule has 0 saturated carbocycles. The van der Waals surface area contributed by atoms with Crippen LogP contribution in [-0.4, -0.2) is 44.2 Å². The molecule has 1 aliphatic heterocycles. The summed E-state index contributed by atoms with van der Waals surface area (Å²) in [5, 5.41) is 0. The molecule has 6 heteroatoms. The predicted molar refractivity (Wildman–Crippen MR) is 90.4 cm³/mol. The van der Waals surface area contributed by atoms with Crippen LogP contribution in [0.2, 0.25) is 0 Å². The van der Waals surface area contributed by atoms with E-state index in [0.29, 0.717) is 31.0 Å². The van der Waals surface area contributed by atoms with Gasteiger partial charge in [0.1, 0.15) is 5.75 Å². The third-order valence-electron chi connectivity index (χ3n) is 4.15. The van der Waals surface area contributed by atoms with E-state index >= 15 is 0 Å². The van der Waals surface area contributed by atoms with Crippen LogP contribution in [0, 0.1) is 5.82 Å². The van der Waals surface area contributed by atoms with Crippen LogP contribution in [0.3, 0.4) is 0 Å². The Hall–Kier alpha value is -2.60. The lowest BCUT2D eigenvalue weighted by molar-refractivity contribution is -0.0503. The maximum absolute atomic E-state index is 13.6. The minimum absolute atomic E-state index is 0.0419. The van der Waals surface area contributed by atoms with Crippen molar-refractivity contribution in [2.45, 2.75) is 12.7 Å². The van der Waals surface area contributed by atoms with E-state index < -0.39 is 5.82 Å². The maximum atomic E-state index is 13.6. The standard InChI is InChI=1S/C19H20FNO4/c1-23-15-5-3-4-14(9-15)19(22)21-10-16(11-21)25-12-13-6-7-18(24-2)17(20)8-13/h3-9,16H,10-12H2,1-2H3. The van der Waals surface area contributed by atoms with E-state index in [1.165, 1.54) is 13.2 Å². The van der Waals surface area contributed by atoms with Crippen molar-refractivity contribution < 1.29 is 23.4 Å². The summed E-state index contributed by atoms with van der Waals surface area (Å²) in [7, 11) is 3.00. The van der Waals surface area contributed by atoms with Gasteiger partial charge in [-0.2, -0.15) is 0 Å². The average molecular weight is 345 g/mol. The average Bonchev–Trinajstić information content (AvgIpc) is 2.60. The van der Waals surface area contributed by atoms with Gasteiger partial charge in [0.25, 0.3) is 5.91 Å². The van der Waals surface area contributed by atoms with Crippen LogP contribution in [0.1, 0.15) is 15.9 Å². The molecule has 1 heterocycles. The fourth-order valence-electron chi connectivity index (χ4n) is 2.66. The first-order chi connectivity index (χ1) is 12.1. The van der Waals surface area contributed by atoms with Crippen molar-refractivity contribution in [1.82, 2.24) is 4.90 Å². The Morgan fingerprint density at radius 1 is 1.16 bits per heavy atom. The molecule has 1 aliphatic rings. The molecule has 2 aromatic carbocycles. The molecule has 0 N–H and O–H groups in total. The van der Waals surface area contributed by atoms with E-state index in [0.717, 1.165) is 5.56 Å². The van der Waals surface area contributed by atoms with E-state index in [1.807, 2.05) is 0 Å². The van der Waals surface area contributed by atoms with Crippen LogP contribution in [-0.2, 0) is 11.3 Å². The molecule has 25 heavy (non-hydrogen) atoms. The topological polar surface area (TPSA) is 48.0 Å². The molecule has 3 rings (SSSR count). The number of carbonyl (C=O) groups is 1. The van der Waals surface area contributed by atoms with E-state index in [1.54, 1.807) is 48.4 Å². The summed E-state index contributed by atoms with van der Waals surface area (Å²) >= 11 is 0. The Kier molecular flexibility index (Phi) is 5.19. The summed E-state index contributed by atoms with van der Waals surface area (Å²) in [5.74, 6) is 0.407. The molecule has 5 nitrogen and oxygen atoms in total. The first kappa shape index (κ1) is 17.2. The van der Waals surface area contributed by atoms with Crippen molar-refractivity contribution in [2.24, 2.45) is 0 Å². The van der Waals surface area contributed by atoms with Crippen LogP contribution >= 0.6 is 0 Å². The van der Waals surface area contributed by atoms with Gasteiger partial charge in [-0.25, -0.2) is 4.39 Å². The van der Waals surface area contributed by atoms with Gasteiger partial charge in [0.2, 0.25) is 0 Å². The number of benzene rings is 2. The van der Waals surface area contributed by atoms with Gasteiger partial charge in [0, 0.05) is 18.7 Å². The summed E-state index contributed by atoms with van der Waals surface area (Å²) in [4.78, 5) is 14.1. The number of rotatable bonds is 6. The van der Waals surface area contributed by atoms with Crippen molar-refractivity contribution in [1.29, 1.82) is 0 Å². The van der Waals surface area contributed by atoms with Crippen molar-refractivity contribution >= 4 is 5.91 Å². The lowest BCUT2D eigenvalue weighted by atomic mass is 10.1. The summed E-state index contributed by atoms with van der Waals surface area (Å²) in [6.07, 6.45) is -0.0419. The van der Waals surface area contributed by atoms with Gasteiger partial charge in [-0.3, -0.25) is 4.79 Å². The van der Waals surface area contributed by atoms with Crippen LogP contribution in [0.25, 0.3) is 0 Å². The summed E-state index contributed by atoms with van der Waals surface area (Å²) < 4.78 is 29.4. The molecule has 0 atom stereocenters. The van der Waals surface area contributed by atoms with Gasteiger partial charge in [-0.15, -0.1) is 0 Å². The van der Waals surface area contributed by atoms with Gasteiger partial charge in [-0.05, 0) is 35.9 Å². The number of ether oxygens (including phenoxy) is 3. The van der Waals surface area contributed by atoms with Crippen LogP contribution in [0.15, 0.2) is 42.5 Å². The molecular formula is C19H20FNO4. The Bertz CT molecular complexity index is 759. The zero-order valence-electron chi connectivity index (χ0n) is 14.2. The minimum Gasteiger partial charge on any atom is -0.497 e. The number of nitrogens with zero attached hydrogens (tertiary/aromatic N) is 1. The van der Waals surface area contributed by atoms with E-state index in [9.17, 15) is 9.18 Å². The smallest absolute Gasteiger partial charge is 0.254 e. The highest BCUT2D eigenvalue weighted by atomic mass is 19.1. The minimum atomic E-state index is -0.410. The zero-order valence-corrected chi connectivity index (χ0v) is 14.2. The number of amides is 1. The molecule has 0 aromatic heterocycles. The van der Waals surface area contributed by atoms with Gasteiger partial charge < -0.3 is 19.1 Å². The number of hydrogen-bond donors (Lipinski definition) is 0. The van der Waals surface area contributed by atoms with Crippen molar-refractivity contribution in [3.05, 3.63) is 59.4 Å². The second-order valence-corrected chi connectivity index (χ2v) is 5.84. The third kappa shape index (κ3) is 3.91. The summed E-state index contributed by atoms with van der Waals surface area (Å²) in [6, 6.07) is 11.8. The van der Waals surface area contributed by atoms with Gasteiger partial charge in [-0.1, -0.05) is 12.1 Å². The fraction of sp³-hybridized carbons (Fsp3) is 0.316. The maximum Gasteiger partial charge on any atom is 0.254 e. The monoisotopic (exact) mass is 345 g/mol. The van der Waals surface area contributed by atoms with E-state index in [-0.39, 0.29) is 17.8 Å². The lowest BCUT2D eigenvalue weighted by Crippen LogP contribution is -2.54. The highest BCUT2D eigenvalue weighted by molar-refractivity contribution is 5.95. The molecule has 0 bridgehead atoms. The SMILES string of the molecule is COc1cccc(C(=O)N2CC(OCc3ccc(OC)c(F)c3)C2)c1. The summed E-state index contributed by atoms with van der Waals surface area (Å²) in [5.41, 5.74) is 1.32. The largest absolute Gasteiger partial charge is 0.497 e. The Balaban J connectivity index is 1.49. The third-order valence-corrected chi connectivity index (χ3v) is 4.15. The van der Waals surface area contributed by atoms with Crippen molar-refractivity contribution in [3.63, 3.8) is 0 Å².